The highest BCUT2D eigenvalue weighted by Crippen LogP contribution is 2.24. The van der Waals surface area contributed by atoms with Crippen LogP contribution in [0.4, 0.5) is 0 Å². The number of hydrogen-bond donors (Lipinski definition) is 1. The maximum atomic E-state index is 12.9. The first kappa shape index (κ1) is 25.8. The van der Waals surface area contributed by atoms with Crippen molar-refractivity contribution in [2.45, 2.75) is 24.5 Å². The van der Waals surface area contributed by atoms with Crippen molar-refractivity contribution in [2.24, 2.45) is 12.0 Å². The van der Waals surface area contributed by atoms with Gasteiger partial charge in [-0.2, -0.15) is 0 Å². The van der Waals surface area contributed by atoms with Crippen molar-refractivity contribution in [1.82, 2.24) is 14.4 Å². The topological polar surface area (TPSA) is 95.2 Å². The van der Waals surface area contributed by atoms with E-state index in [1.807, 2.05) is 11.6 Å². The third kappa shape index (κ3) is 5.78. The fraction of sp³-hybridized carbons (Fsp3) is 0.417. The molecule has 0 saturated carbocycles. The van der Waals surface area contributed by atoms with Gasteiger partial charge in [0.15, 0.2) is 14.6 Å². The number of fused-ring (bicyclic) bond motifs is 1. The van der Waals surface area contributed by atoms with Gasteiger partial charge in [0.1, 0.15) is 0 Å². The Balaban J connectivity index is 1.33. The minimum Gasteiger partial charge on any atom is -0.391 e. The molecular weight excluding hydrogens is 508 g/mol. The van der Waals surface area contributed by atoms with Crippen LogP contribution in [0, 0.1) is 0 Å². The number of aromatic nitrogens is 1. The molecular formula is C24H29ClN4O4S2. The number of aliphatic hydroxyl groups is 1. The van der Waals surface area contributed by atoms with Crippen LogP contribution in [0.25, 0.3) is 10.8 Å². The average molecular weight is 537 g/mol. The van der Waals surface area contributed by atoms with Crippen molar-refractivity contribution in [2.75, 3.05) is 39.0 Å². The van der Waals surface area contributed by atoms with Crippen molar-refractivity contribution >= 4 is 49.5 Å². The number of piperazine rings is 1. The van der Waals surface area contributed by atoms with Crippen LogP contribution in [0.2, 0.25) is 5.02 Å². The van der Waals surface area contributed by atoms with Crippen LogP contribution in [0.5, 0.6) is 0 Å². The fourth-order valence-electron chi connectivity index (χ4n) is 4.31. The van der Waals surface area contributed by atoms with E-state index in [2.05, 4.69) is 9.89 Å². The summed E-state index contributed by atoms with van der Waals surface area (Å²) in [5.74, 6) is -0.371. The summed E-state index contributed by atoms with van der Waals surface area (Å²) in [5.41, 5.74) is 1.03. The van der Waals surface area contributed by atoms with Crippen molar-refractivity contribution < 1.29 is 18.3 Å². The van der Waals surface area contributed by atoms with E-state index in [9.17, 15) is 18.3 Å². The number of halogens is 1. The Labute approximate surface area is 214 Å². The van der Waals surface area contributed by atoms with Crippen LogP contribution in [-0.2, 0) is 34.8 Å². The monoisotopic (exact) mass is 536 g/mol. The van der Waals surface area contributed by atoms with E-state index in [1.54, 1.807) is 48.3 Å². The molecule has 0 bridgehead atoms. The van der Waals surface area contributed by atoms with E-state index in [0.717, 1.165) is 26.1 Å². The van der Waals surface area contributed by atoms with Gasteiger partial charge in [0, 0.05) is 64.0 Å². The molecule has 1 aliphatic rings. The van der Waals surface area contributed by atoms with E-state index in [-0.39, 0.29) is 29.6 Å². The molecule has 1 N–H and O–H groups in total. The minimum atomic E-state index is -3.58. The Bertz CT molecular complexity index is 1410. The van der Waals surface area contributed by atoms with E-state index in [0.29, 0.717) is 37.7 Å². The highest BCUT2D eigenvalue weighted by atomic mass is 35.5. The molecule has 3 aromatic rings. The molecule has 0 unspecified atom stereocenters. The highest BCUT2D eigenvalue weighted by Gasteiger charge is 2.25. The molecule has 8 nitrogen and oxygen atoms in total. The maximum Gasteiger partial charge on any atom is 0.223 e. The second kappa shape index (κ2) is 10.8. The smallest absolute Gasteiger partial charge is 0.223 e. The Morgan fingerprint density at radius 2 is 1.80 bits per heavy atom. The fourth-order valence-corrected chi connectivity index (χ4v) is 6.69. The van der Waals surface area contributed by atoms with Crippen LogP contribution in [0.15, 0.2) is 46.3 Å². The zero-order valence-electron chi connectivity index (χ0n) is 19.8. The minimum absolute atomic E-state index is 0.0265. The third-order valence-corrected chi connectivity index (χ3v) is 9.58. The maximum absolute atomic E-state index is 12.9. The van der Waals surface area contributed by atoms with Gasteiger partial charge in [0.25, 0.3) is 0 Å². The zero-order valence-corrected chi connectivity index (χ0v) is 22.2. The van der Waals surface area contributed by atoms with Gasteiger partial charge in [-0.25, -0.2) is 8.42 Å². The summed E-state index contributed by atoms with van der Waals surface area (Å²) in [6.45, 7) is 3.10. The molecule has 11 heteroatoms. The molecule has 2 heterocycles. The van der Waals surface area contributed by atoms with Crippen molar-refractivity contribution in [3.8, 4) is 0 Å². The van der Waals surface area contributed by atoms with Crippen molar-refractivity contribution in [3.05, 3.63) is 56.8 Å². The molecule has 0 radical (unpaired) electrons. The van der Waals surface area contributed by atoms with E-state index >= 15 is 0 Å². The molecule has 1 aromatic heterocycles. The molecule has 1 saturated heterocycles. The molecule has 1 fully saturated rings. The lowest BCUT2D eigenvalue weighted by Gasteiger charge is -2.35. The number of sulfone groups is 1. The zero-order chi connectivity index (χ0) is 25.2. The number of benzene rings is 2. The summed E-state index contributed by atoms with van der Waals surface area (Å²) >= 11 is 7.49. The van der Waals surface area contributed by atoms with Gasteiger partial charge in [-0.05, 0) is 35.0 Å². The number of rotatable bonds is 7. The molecule has 0 aliphatic carbocycles. The Morgan fingerprint density at radius 3 is 2.49 bits per heavy atom. The molecule has 188 valence electrons. The molecule has 35 heavy (non-hydrogen) atoms. The standard InChI is InChI=1S/C24H29ClN4O4S2/c1-26-24-27(2)21(22(16-30)34-24)15-28-8-10-29(11-9-28)23(31)7-12-35(32,33)20-6-4-17-13-19(25)5-3-18(17)14-20/h3-6,13-14,30H,7-12,15-16H2,1-2H3/b26-24-. The predicted molar refractivity (Wildman–Crippen MR) is 138 cm³/mol. The van der Waals surface area contributed by atoms with Crippen LogP contribution < -0.4 is 4.80 Å². The third-order valence-electron chi connectivity index (χ3n) is 6.38. The number of amides is 1. The summed E-state index contributed by atoms with van der Waals surface area (Å²) in [6.07, 6.45) is -0.0451. The Hall–Kier alpha value is -2.24. The van der Waals surface area contributed by atoms with Crippen molar-refractivity contribution in [3.63, 3.8) is 0 Å². The molecule has 0 spiro atoms. The normalized spacial score (nSPS) is 15.8. The first-order valence-electron chi connectivity index (χ1n) is 11.4. The number of carbonyl (C=O) groups is 1. The highest BCUT2D eigenvalue weighted by molar-refractivity contribution is 7.91. The van der Waals surface area contributed by atoms with E-state index in [4.69, 9.17) is 11.6 Å². The summed E-state index contributed by atoms with van der Waals surface area (Å²) in [6, 6.07) is 10.2. The number of carbonyl (C=O) groups excluding carboxylic acids is 1. The SMILES string of the molecule is C/N=c1\sc(CO)c(CN2CCN(C(=O)CCS(=O)(=O)c3ccc4cc(Cl)ccc4c3)CC2)n1C. The second-order valence-electron chi connectivity index (χ2n) is 8.57. The summed E-state index contributed by atoms with van der Waals surface area (Å²) in [7, 11) is 0.0913. The largest absolute Gasteiger partial charge is 0.391 e. The number of thiazole rings is 1. The molecule has 1 aliphatic heterocycles. The Morgan fingerprint density at radius 1 is 1.11 bits per heavy atom. The summed E-state index contributed by atoms with van der Waals surface area (Å²) < 4.78 is 27.7. The van der Waals surface area contributed by atoms with Crippen LogP contribution in [0.1, 0.15) is 17.0 Å². The van der Waals surface area contributed by atoms with Crippen LogP contribution in [0.3, 0.4) is 0 Å². The number of nitrogens with zero attached hydrogens (tertiary/aromatic N) is 4. The lowest BCUT2D eigenvalue weighted by molar-refractivity contribution is -0.132. The first-order valence-corrected chi connectivity index (χ1v) is 14.2. The average Bonchev–Trinajstić information content (AvgIpc) is 3.17. The second-order valence-corrected chi connectivity index (χ2v) is 12.2. The predicted octanol–water partition coefficient (Wildman–Crippen LogP) is 2.42. The van der Waals surface area contributed by atoms with Gasteiger partial charge in [0.2, 0.25) is 5.91 Å². The van der Waals surface area contributed by atoms with Crippen LogP contribution >= 0.6 is 22.9 Å². The number of aliphatic hydroxyl groups excluding tert-OH is 1. The molecule has 1 amide bonds. The van der Waals surface area contributed by atoms with Crippen molar-refractivity contribution in [1.29, 1.82) is 0 Å². The van der Waals surface area contributed by atoms with Gasteiger partial charge in [0.05, 0.1) is 22.1 Å². The van der Waals surface area contributed by atoms with Crippen LogP contribution in [-0.4, -0.2) is 72.8 Å². The van der Waals surface area contributed by atoms with Gasteiger partial charge in [-0.1, -0.05) is 35.1 Å². The summed E-state index contributed by atoms with van der Waals surface area (Å²) in [5, 5.41) is 12.0. The first-order chi connectivity index (χ1) is 16.7. The van der Waals surface area contributed by atoms with Gasteiger partial charge in [-0.15, -0.1) is 0 Å². The molecule has 4 rings (SSSR count). The Kier molecular flexibility index (Phi) is 7.97. The molecule has 0 atom stereocenters. The summed E-state index contributed by atoms with van der Waals surface area (Å²) in [4.78, 5) is 23.0. The lowest BCUT2D eigenvalue weighted by atomic mass is 10.1. The van der Waals surface area contributed by atoms with Gasteiger partial charge >= 0.3 is 0 Å². The van der Waals surface area contributed by atoms with Gasteiger partial charge in [-0.3, -0.25) is 14.7 Å². The van der Waals surface area contributed by atoms with E-state index < -0.39 is 9.84 Å². The van der Waals surface area contributed by atoms with Gasteiger partial charge < -0.3 is 14.6 Å². The lowest BCUT2D eigenvalue weighted by Crippen LogP contribution is -2.48. The quantitative estimate of drug-likeness (QED) is 0.500. The molecule has 2 aromatic carbocycles. The van der Waals surface area contributed by atoms with E-state index in [1.165, 1.54) is 11.3 Å². The number of hydrogen-bond acceptors (Lipinski definition) is 7.